The van der Waals surface area contributed by atoms with E-state index in [0.717, 1.165) is 11.1 Å². The van der Waals surface area contributed by atoms with E-state index >= 15 is 0 Å². The number of hydrogen-bond acceptors (Lipinski definition) is 7. The molecule has 0 unspecified atom stereocenters. The normalized spacial score (nSPS) is 13.6. The number of aryl methyl sites for hydroxylation is 1. The molecular formula is C25H32N2O6. The van der Waals surface area contributed by atoms with E-state index in [-0.39, 0.29) is 29.0 Å². The van der Waals surface area contributed by atoms with Crippen molar-refractivity contribution < 1.29 is 28.6 Å². The van der Waals surface area contributed by atoms with Crippen molar-refractivity contribution in [3.8, 4) is 11.5 Å². The maximum absolute atomic E-state index is 13.0. The Labute approximate surface area is 194 Å². The summed E-state index contributed by atoms with van der Waals surface area (Å²) in [7, 11) is 1.38. The minimum atomic E-state index is -0.929. The van der Waals surface area contributed by atoms with Crippen LogP contribution in [0.3, 0.4) is 0 Å². The number of methoxy groups -OCH3 is 1. The number of amides is 1. The maximum Gasteiger partial charge on any atom is 0.329 e. The predicted molar refractivity (Wildman–Crippen MR) is 123 cm³/mol. The summed E-state index contributed by atoms with van der Waals surface area (Å²) < 4.78 is 16.1. The van der Waals surface area contributed by atoms with Crippen LogP contribution in [0, 0.1) is 12.8 Å². The molecule has 2 aromatic rings. The second-order valence-electron chi connectivity index (χ2n) is 8.27. The summed E-state index contributed by atoms with van der Waals surface area (Å²) in [5.74, 6) is -2.09. The number of nitrogens with one attached hydrogen (secondary N) is 1. The number of pyridine rings is 1. The molecule has 178 valence electrons. The first-order chi connectivity index (χ1) is 15.6. The lowest BCUT2D eigenvalue weighted by atomic mass is 9.92. The lowest BCUT2D eigenvalue weighted by Gasteiger charge is -2.27. The van der Waals surface area contributed by atoms with E-state index in [9.17, 15) is 14.4 Å². The van der Waals surface area contributed by atoms with Crippen LogP contribution in [0.1, 0.15) is 62.2 Å². The smallest absolute Gasteiger partial charge is 0.329 e. The van der Waals surface area contributed by atoms with Gasteiger partial charge in [0.15, 0.2) is 11.4 Å². The molecular weight excluding hydrogens is 424 g/mol. The number of esters is 2. The van der Waals surface area contributed by atoms with Crippen molar-refractivity contribution in [1.29, 1.82) is 0 Å². The van der Waals surface area contributed by atoms with Crippen LogP contribution in [0.5, 0.6) is 11.5 Å². The molecule has 8 nitrogen and oxygen atoms in total. The second kappa shape index (κ2) is 11.4. The molecule has 0 aliphatic heterocycles. The van der Waals surface area contributed by atoms with Crippen LogP contribution < -0.4 is 14.8 Å². The topological polar surface area (TPSA) is 104 Å². The van der Waals surface area contributed by atoms with Crippen LogP contribution in [0.2, 0.25) is 0 Å². The first-order valence-electron chi connectivity index (χ1n) is 10.8. The summed E-state index contributed by atoms with van der Waals surface area (Å²) in [6, 6.07) is 8.48. The Bertz CT molecular complexity index is 1000. The number of carbonyl (C=O) groups is 3. The molecule has 8 heteroatoms. The molecule has 0 aliphatic rings. The summed E-state index contributed by atoms with van der Waals surface area (Å²) in [5.41, 5.74) is 2.04. The molecule has 3 atom stereocenters. The highest BCUT2D eigenvalue weighted by Gasteiger charge is 2.31. The molecule has 0 fully saturated rings. The Morgan fingerprint density at radius 1 is 1.03 bits per heavy atom. The zero-order chi connectivity index (χ0) is 24.7. The summed E-state index contributed by atoms with van der Waals surface area (Å²) in [5, 5.41) is 2.67. The maximum atomic E-state index is 13.0. The molecule has 0 radical (unpaired) electrons. The molecule has 1 amide bonds. The van der Waals surface area contributed by atoms with Gasteiger partial charge in [0.25, 0.3) is 5.91 Å². The van der Waals surface area contributed by atoms with Gasteiger partial charge in [-0.05, 0) is 30.9 Å². The fourth-order valence-corrected chi connectivity index (χ4v) is 3.41. The summed E-state index contributed by atoms with van der Waals surface area (Å²) in [6.45, 7) is 10.6. The molecule has 2 rings (SSSR count). The molecule has 0 bridgehead atoms. The van der Waals surface area contributed by atoms with Crippen LogP contribution in [0.25, 0.3) is 0 Å². The van der Waals surface area contributed by atoms with Gasteiger partial charge in [-0.1, -0.05) is 45.0 Å². The van der Waals surface area contributed by atoms with Gasteiger partial charge in [0.1, 0.15) is 12.1 Å². The molecule has 1 aromatic carbocycles. The van der Waals surface area contributed by atoms with Crippen molar-refractivity contribution >= 4 is 17.8 Å². The van der Waals surface area contributed by atoms with E-state index in [2.05, 4.69) is 10.3 Å². The van der Waals surface area contributed by atoms with Crippen molar-refractivity contribution in [2.45, 2.75) is 59.6 Å². The largest absolute Gasteiger partial charge is 0.493 e. The van der Waals surface area contributed by atoms with Crippen LogP contribution in [-0.4, -0.2) is 42.1 Å². The first kappa shape index (κ1) is 25.8. The zero-order valence-electron chi connectivity index (χ0n) is 20.2. The van der Waals surface area contributed by atoms with E-state index in [1.165, 1.54) is 26.3 Å². The van der Waals surface area contributed by atoms with Crippen LogP contribution in [0.15, 0.2) is 36.5 Å². The number of nitrogens with zero attached hydrogens (tertiary/aromatic N) is 1. The average Bonchev–Trinajstić information content (AvgIpc) is 2.76. The van der Waals surface area contributed by atoms with Gasteiger partial charge in [-0.25, -0.2) is 9.78 Å². The lowest BCUT2D eigenvalue weighted by molar-refractivity contribution is -0.152. The van der Waals surface area contributed by atoms with Gasteiger partial charge >= 0.3 is 11.9 Å². The Hall–Kier alpha value is -3.42. The number of benzene rings is 1. The second-order valence-corrected chi connectivity index (χ2v) is 8.27. The molecule has 1 aromatic heterocycles. The van der Waals surface area contributed by atoms with Crippen molar-refractivity contribution in [1.82, 2.24) is 10.3 Å². The number of hydrogen-bond donors (Lipinski definition) is 1. The third-order valence-corrected chi connectivity index (χ3v) is 5.44. The highest BCUT2D eigenvalue weighted by Crippen LogP contribution is 2.30. The monoisotopic (exact) mass is 456 g/mol. The standard InChI is InChI=1S/C25H32N2O6/c1-14(2)21(25(30)32-17(5)16(4)19-11-9-8-10-15(19)3)27-24(29)22-23(33-18(6)28)20(31-7)12-13-26-22/h8-14,16-17,21H,1-7H3,(H,27,29)/t16-,17-,21+/m1/s1. The van der Waals surface area contributed by atoms with Gasteiger partial charge in [-0.2, -0.15) is 0 Å². The minimum Gasteiger partial charge on any atom is -0.493 e. The van der Waals surface area contributed by atoms with Gasteiger partial charge in [0, 0.05) is 25.1 Å². The van der Waals surface area contributed by atoms with E-state index in [1.54, 1.807) is 13.8 Å². The van der Waals surface area contributed by atoms with Crippen molar-refractivity contribution in [2.24, 2.45) is 5.92 Å². The SMILES string of the molecule is COc1ccnc(C(=O)N[C@H](C(=O)O[C@H](C)[C@@H](C)c2ccccc2C)C(C)C)c1OC(C)=O. The third-order valence-electron chi connectivity index (χ3n) is 5.44. The predicted octanol–water partition coefficient (Wildman–Crippen LogP) is 3.81. The van der Waals surface area contributed by atoms with Gasteiger partial charge in [0.05, 0.1) is 7.11 Å². The van der Waals surface area contributed by atoms with Gasteiger partial charge in [0.2, 0.25) is 5.75 Å². The Kier molecular flexibility index (Phi) is 8.96. The Balaban J connectivity index is 2.20. The summed E-state index contributed by atoms with van der Waals surface area (Å²) in [6.07, 6.45) is 0.943. The van der Waals surface area contributed by atoms with E-state index < -0.39 is 30.0 Å². The quantitative estimate of drug-likeness (QED) is 0.572. The number of aromatic nitrogens is 1. The minimum absolute atomic E-state index is 0.0331. The Morgan fingerprint density at radius 3 is 2.27 bits per heavy atom. The molecule has 0 saturated carbocycles. The summed E-state index contributed by atoms with van der Waals surface area (Å²) in [4.78, 5) is 41.5. The average molecular weight is 457 g/mol. The van der Waals surface area contributed by atoms with Crippen LogP contribution in [0.4, 0.5) is 0 Å². The number of carbonyl (C=O) groups excluding carboxylic acids is 3. The van der Waals surface area contributed by atoms with Gasteiger partial charge < -0.3 is 19.5 Å². The van der Waals surface area contributed by atoms with E-state index in [1.807, 2.05) is 45.0 Å². The van der Waals surface area contributed by atoms with Crippen LogP contribution >= 0.6 is 0 Å². The highest BCUT2D eigenvalue weighted by atomic mass is 16.6. The molecule has 0 spiro atoms. The lowest BCUT2D eigenvalue weighted by Crippen LogP contribution is -2.46. The summed E-state index contributed by atoms with van der Waals surface area (Å²) >= 11 is 0. The highest BCUT2D eigenvalue weighted by molar-refractivity contribution is 5.98. The Morgan fingerprint density at radius 2 is 1.70 bits per heavy atom. The van der Waals surface area contributed by atoms with E-state index in [0.29, 0.717) is 0 Å². The fraction of sp³-hybridized carbons (Fsp3) is 0.440. The zero-order valence-corrected chi connectivity index (χ0v) is 20.2. The van der Waals surface area contributed by atoms with Gasteiger partial charge in [-0.15, -0.1) is 0 Å². The van der Waals surface area contributed by atoms with Crippen molar-refractivity contribution in [2.75, 3.05) is 7.11 Å². The molecule has 1 heterocycles. The van der Waals surface area contributed by atoms with Crippen molar-refractivity contribution in [3.05, 3.63) is 53.3 Å². The third kappa shape index (κ3) is 6.54. The fourth-order valence-electron chi connectivity index (χ4n) is 3.41. The van der Waals surface area contributed by atoms with Crippen LogP contribution in [-0.2, 0) is 14.3 Å². The molecule has 1 N–H and O–H groups in total. The first-order valence-corrected chi connectivity index (χ1v) is 10.8. The van der Waals surface area contributed by atoms with Gasteiger partial charge in [-0.3, -0.25) is 9.59 Å². The number of rotatable bonds is 9. The molecule has 0 aliphatic carbocycles. The number of ether oxygens (including phenoxy) is 3. The molecule has 0 saturated heterocycles. The van der Waals surface area contributed by atoms with Crippen molar-refractivity contribution in [3.63, 3.8) is 0 Å². The molecule has 33 heavy (non-hydrogen) atoms. The van der Waals surface area contributed by atoms with E-state index in [4.69, 9.17) is 14.2 Å².